The summed E-state index contributed by atoms with van der Waals surface area (Å²) >= 11 is 0. The Kier molecular flexibility index (Phi) is 3.13. The van der Waals surface area contributed by atoms with Crippen molar-refractivity contribution >= 4 is 15.5 Å². The fourth-order valence-corrected chi connectivity index (χ4v) is 1.92. The molecule has 3 N–H and O–H groups in total. The van der Waals surface area contributed by atoms with E-state index in [1.165, 1.54) is 0 Å². The van der Waals surface area contributed by atoms with E-state index in [1.54, 1.807) is 24.3 Å². The van der Waals surface area contributed by atoms with Gasteiger partial charge in [-0.3, -0.25) is 0 Å². The number of nitrogen functional groups attached to an aromatic ring is 1. The van der Waals surface area contributed by atoms with E-state index in [9.17, 15) is 13.5 Å². The third-order valence-electron chi connectivity index (χ3n) is 1.76. The first-order chi connectivity index (χ1) is 6.38. The summed E-state index contributed by atoms with van der Waals surface area (Å²) in [6, 6.07) is 6.56. The quantitative estimate of drug-likeness (QED) is 0.713. The van der Waals surface area contributed by atoms with Gasteiger partial charge < -0.3 is 10.8 Å². The van der Waals surface area contributed by atoms with Gasteiger partial charge in [-0.05, 0) is 17.7 Å². The molecule has 0 aliphatic heterocycles. The number of hydrogen-bond acceptors (Lipinski definition) is 4. The molecule has 1 atom stereocenters. The Morgan fingerprint density at radius 2 is 2.14 bits per heavy atom. The Morgan fingerprint density at radius 1 is 1.50 bits per heavy atom. The second-order valence-electron chi connectivity index (χ2n) is 3.28. The number of sulfone groups is 1. The number of hydrogen-bond donors (Lipinski definition) is 2. The van der Waals surface area contributed by atoms with Crippen molar-refractivity contribution < 1.29 is 13.5 Å². The van der Waals surface area contributed by atoms with Crippen molar-refractivity contribution in [3.05, 3.63) is 29.8 Å². The summed E-state index contributed by atoms with van der Waals surface area (Å²) in [7, 11) is -3.18. The Balaban J connectivity index is 2.85. The minimum Gasteiger partial charge on any atom is -0.399 e. The molecule has 4 nitrogen and oxygen atoms in total. The number of nitrogens with two attached hydrogens (primary N) is 1. The molecule has 0 unspecified atom stereocenters. The molecular weight excluding hydrogens is 202 g/mol. The van der Waals surface area contributed by atoms with E-state index < -0.39 is 15.9 Å². The van der Waals surface area contributed by atoms with Crippen LogP contribution in [0.25, 0.3) is 0 Å². The highest BCUT2D eigenvalue weighted by Gasteiger charge is 2.14. The lowest BCUT2D eigenvalue weighted by molar-refractivity contribution is 0.202. The van der Waals surface area contributed by atoms with Crippen molar-refractivity contribution in [2.24, 2.45) is 0 Å². The van der Waals surface area contributed by atoms with Crippen LogP contribution in [0.1, 0.15) is 11.7 Å². The zero-order valence-corrected chi connectivity index (χ0v) is 8.66. The summed E-state index contributed by atoms with van der Waals surface area (Å²) in [6.07, 6.45) is 0.0798. The first kappa shape index (κ1) is 11.0. The third kappa shape index (κ3) is 3.35. The molecule has 0 aliphatic rings. The molecule has 0 fully saturated rings. The lowest BCUT2D eigenvalue weighted by Crippen LogP contribution is -2.12. The van der Waals surface area contributed by atoms with E-state index in [0.717, 1.165) is 6.26 Å². The highest BCUT2D eigenvalue weighted by Crippen LogP contribution is 2.16. The predicted molar refractivity (Wildman–Crippen MR) is 55.5 cm³/mol. The number of aliphatic hydroxyl groups excluding tert-OH is 1. The van der Waals surface area contributed by atoms with Gasteiger partial charge in [0.15, 0.2) is 0 Å². The molecule has 0 saturated carbocycles. The number of benzene rings is 1. The molecule has 0 saturated heterocycles. The second kappa shape index (κ2) is 3.98. The van der Waals surface area contributed by atoms with E-state index in [4.69, 9.17) is 5.73 Å². The summed E-state index contributed by atoms with van der Waals surface area (Å²) in [5.74, 6) is -0.281. The fraction of sp³-hybridized carbons (Fsp3) is 0.333. The molecule has 0 aliphatic carbocycles. The van der Waals surface area contributed by atoms with E-state index in [0.29, 0.717) is 11.3 Å². The minimum absolute atomic E-state index is 0.281. The number of anilines is 1. The molecule has 1 aromatic rings. The molecule has 1 rings (SSSR count). The highest BCUT2D eigenvalue weighted by molar-refractivity contribution is 7.90. The molecule has 1 aromatic carbocycles. The molecular formula is C9H13NO3S. The van der Waals surface area contributed by atoms with Crippen LogP contribution in [0.3, 0.4) is 0 Å². The minimum atomic E-state index is -3.18. The average molecular weight is 215 g/mol. The van der Waals surface area contributed by atoms with Crippen LogP contribution in [-0.4, -0.2) is 25.5 Å². The molecule has 0 amide bonds. The van der Waals surface area contributed by atoms with Crippen LogP contribution >= 0.6 is 0 Å². The van der Waals surface area contributed by atoms with Gasteiger partial charge in [-0.1, -0.05) is 12.1 Å². The summed E-state index contributed by atoms with van der Waals surface area (Å²) in [4.78, 5) is 0. The van der Waals surface area contributed by atoms with Crippen molar-refractivity contribution in [3.63, 3.8) is 0 Å². The second-order valence-corrected chi connectivity index (χ2v) is 5.46. The van der Waals surface area contributed by atoms with Crippen molar-refractivity contribution in [3.8, 4) is 0 Å². The summed E-state index contributed by atoms with van der Waals surface area (Å²) < 4.78 is 21.8. The average Bonchev–Trinajstić information content (AvgIpc) is 2.01. The van der Waals surface area contributed by atoms with Gasteiger partial charge >= 0.3 is 0 Å². The topological polar surface area (TPSA) is 80.4 Å². The van der Waals surface area contributed by atoms with Crippen LogP contribution in [-0.2, 0) is 9.84 Å². The van der Waals surface area contributed by atoms with Crippen molar-refractivity contribution in [2.75, 3.05) is 17.7 Å². The van der Waals surface area contributed by atoms with Crippen LogP contribution in [0, 0.1) is 0 Å². The Labute approximate surface area is 83.3 Å². The smallest absolute Gasteiger partial charge is 0.150 e. The zero-order valence-electron chi connectivity index (χ0n) is 7.84. The van der Waals surface area contributed by atoms with Crippen molar-refractivity contribution in [2.45, 2.75) is 6.10 Å². The number of aliphatic hydroxyl groups is 1. The van der Waals surface area contributed by atoms with Gasteiger partial charge in [-0.15, -0.1) is 0 Å². The van der Waals surface area contributed by atoms with Crippen LogP contribution in [0.2, 0.25) is 0 Å². The summed E-state index contributed by atoms with van der Waals surface area (Å²) in [5.41, 5.74) is 6.53. The van der Waals surface area contributed by atoms with Gasteiger partial charge in [0.1, 0.15) is 9.84 Å². The highest BCUT2D eigenvalue weighted by atomic mass is 32.2. The molecule has 5 heteroatoms. The Morgan fingerprint density at radius 3 is 2.64 bits per heavy atom. The van der Waals surface area contributed by atoms with Gasteiger partial charge in [-0.25, -0.2) is 8.42 Å². The SMILES string of the molecule is CS(=O)(=O)C[C@@H](O)c1cccc(N)c1. The lowest BCUT2D eigenvalue weighted by Gasteiger charge is -2.09. The Bertz CT molecular complexity index is 414. The number of rotatable bonds is 3. The van der Waals surface area contributed by atoms with E-state index in [2.05, 4.69) is 0 Å². The summed E-state index contributed by atoms with van der Waals surface area (Å²) in [6.45, 7) is 0. The monoisotopic (exact) mass is 215 g/mol. The van der Waals surface area contributed by atoms with Crippen molar-refractivity contribution in [1.29, 1.82) is 0 Å². The molecule has 0 radical (unpaired) electrons. The van der Waals surface area contributed by atoms with Crippen LogP contribution in [0.15, 0.2) is 24.3 Å². The van der Waals surface area contributed by atoms with Gasteiger partial charge in [0.25, 0.3) is 0 Å². The van der Waals surface area contributed by atoms with Gasteiger partial charge in [0.05, 0.1) is 11.9 Å². The molecule has 78 valence electrons. The van der Waals surface area contributed by atoms with Gasteiger partial charge in [0, 0.05) is 11.9 Å². The zero-order chi connectivity index (χ0) is 10.8. The normalized spacial score (nSPS) is 13.9. The fourth-order valence-electron chi connectivity index (χ4n) is 1.15. The van der Waals surface area contributed by atoms with E-state index in [1.807, 2.05) is 0 Å². The van der Waals surface area contributed by atoms with E-state index >= 15 is 0 Å². The van der Waals surface area contributed by atoms with Gasteiger partial charge in [0.2, 0.25) is 0 Å². The third-order valence-corrected chi connectivity index (χ3v) is 2.68. The Hall–Kier alpha value is -1.07. The predicted octanol–water partition coefficient (Wildman–Crippen LogP) is 0.347. The molecule has 0 aromatic heterocycles. The van der Waals surface area contributed by atoms with Crippen LogP contribution in [0.5, 0.6) is 0 Å². The van der Waals surface area contributed by atoms with E-state index in [-0.39, 0.29) is 5.75 Å². The van der Waals surface area contributed by atoms with Crippen molar-refractivity contribution in [1.82, 2.24) is 0 Å². The first-order valence-electron chi connectivity index (χ1n) is 4.10. The largest absolute Gasteiger partial charge is 0.399 e. The maximum Gasteiger partial charge on any atom is 0.150 e. The maximum atomic E-state index is 10.9. The lowest BCUT2D eigenvalue weighted by atomic mass is 10.1. The summed E-state index contributed by atoms with van der Waals surface area (Å²) in [5, 5.41) is 9.55. The van der Waals surface area contributed by atoms with Crippen LogP contribution < -0.4 is 5.73 Å². The van der Waals surface area contributed by atoms with Gasteiger partial charge in [-0.2, -0.15) is 0 Å². The standard InChI is InChI=1S/C9H13NO3S/c1-14(12,13)6-9(11)7-3-2-4-8(10)5-7/h2-5,9,11H,6,10H2,1H3/t9-/m1/s1. The molecule has 0 bridgehead atoms. The first-order valence-corrected chi connectivity index (χ1v) is 6.16. The van der Waals surface area contributed by atoms with Crippen LogP contribution in [0.4, 0.5) is 5.69 Å². The maximum absolute atomic E-state index is 10.9. The molecule has 0 heterocycles. The molecule has 14 heavy (non-hydrogen) atoms. The molecule has 0 spiro atoms.